The summed E-state index contributed by atoms with van der Waals surface area (Å²) in [6, 6.07) is 7.88. The van der Waals surface area contributed by atoms with Crippen LogP contribution in [0.1, 0.15) is 66.3 Å². The summed E-state index contributed by atoms with van der Waals surface area (Å²) in [6.07, 6.45) is 12.3. The number of H-pyrrole nitrogens is 1. The van der Waals surface area contributed by atoms with Gasteiger partial charge < -0.3 is 16.0 Å². The van der Waals surface area contributed by atoms with Crippen LogP contribution in [0.25, 0.3) is 0 Å². The Morgan fingerprint density at radius 2 is 1.90 bits per heavy atom. The molecule has 0 atom stereocenters. The summed E-state index contributed by atoms with van der Waals surface area (Å²) >= 11 is 0. The Bertz CT molecular complexity index is 930. The van der Waals surface area contributed by atoms with Crippen LogP contribution >= 0.6 is 0 Å². The minimum absolute atomic E-state index is 0.0543. The van der Waals surface area contributed by atoms with E-state index in [0.717, 1.165) is 49.9 Å². The van der Waals surface area contributed by atoms with Gasteiger partial charge >= 0.3 is 0 Å². The molecule has 166 valence electrons. The highest BCUT2D eigenvalue weighted by atomic mass is 16.1. The Kier molecular flexibility index (Phi) is 8.63. The van der Waals surface area contributed by atoms with Gasteiger partial charge in [0.15, 0.2) is 5.95 Å². The third-order valence-electron chi connectivity index (χ3n) is 5.27. The van der Waals surface area contributed by atoms with Crippen LogP contribution in [0.4, 0.5) is 5.95 Å². The minimum Gasteiger partial charge on any atom is -0.369 e. The summed E-state index contributed by atoms with van der Waals surface area (Å²) in [5.74, 6) is 0.421. The molecule has 1 aromatic carbocycles. The Morgan fingerprint density at radius 3 is 2.65 bits per heavy atom. The van der Waals surface area contributed by atoms with Crippen LogP contribution in [0, 0.1) is 0 Å². The molecule has 0 spiro atoms. The van der Waals surface area contributed by atoms with Gasteiger partial charge in [-0.25, -0.2) is 4.98 Å². The van der Waals surface area contributed by atoms with E-state index in [4.69, 9.17) is 5.73 Å². The van der Waals surface area contributed by atoms with Crippen molar-refractivity contribution in [2.45, 2.75) is 64.8 Å². The molecule has 8 nitrogen and oxygen atoms in total. The maximum atomic E-state index is 12.3. The third kappa shape index (κ3) is 7.55. The molecule has 0 unspecified atom stereocenters. The highest BCUT2D eigenvalue weighted by Gasteiger charge is 2.06. The standard InChI is InChI=1S/C23H33N7O/c1-2-3-7-18-10-12-19(13-11-18)22(31)25-14-15-30-17-21(28-29-30)9-6-4-5-8-20-16-26-23(24)27-20/h10-13,16-17H,2-9,14-15H2,1H3,(H,25,31)(H3,24,26,27). The van der Waals surface area contributed by atoms with Gasteiger partial charge in [0.1, 0.15) is 0 Å². The number of aryl methyl sites for hydroxylation is 3. The zero-order valence-electron chi connectivity index (χ0n) is 18.3. The largest absolute Gasteiger partial charge is 0.369 e. The predicted molar refractivity (Wildman–Crippen MR) is 122 cm³/mol. The second kappa shape index (κ2) is 11.9. The van der Waals surface area contributed by atoms with E-state index in [-0.39, 0.29) is 5.91 Å². The molecule has 8 heteroatoms. The average Bonchev–Trinajstić information content (AvgIpc) is 3.41. The van der Waals surface area contributed by atoms with Crippen LogP contribution in [0.2, 0.25) is 0 Å². The van der Waals surface area contributed by atoms with Gasteiger partial charge in [0.2, 0.25) is 0 Å². The lowest BCUT2D eigenvalue weighted by atomic mass is 10.1. The van der Waals surface area contributed by atoms with E-state index < -0.39 is 0 Å². The topological polar surface area (TPSA) is 115 Å². The minimum atomic E-state index is -0.0543. The Balaban J connectivity index is 1.31. The smallest absolute Gasteiger partial charge is 0.251 e. The van der Waals surface area contributed by atoms with Crippen LogP contribution in [0.5, 0.6) is 0 Å². The van der Waals surface area contributed by atoms with Crippen molar-refractivity contribution in [1.29, 1.82) is 0 Å². The number of nitrogens with one attached hydrogen (secondary N) is 2. The number of nitrogens with two attached hydrogens (primary N) is 1. The van der Waals surface area contributed by atoms with Crippen molar-refractivity contribution in [3.8, 4) is 0 Å². The van der Waals surface area contributed by atoms with E-state index in [2.05, 4.69) is 32.5 Å². The predicted octanol–water partition coefficient (Wildman–Crippen LogP) is 3.31. The van der Waals surface area contributed by atoms with Gasteiger partial charge in [-0.15, -0.1) is 5.10 Å². The number of hydrogen-bond donors (Lipinski definition) is 3. The second-order valence-corrected chi connectivity index (χ2v) is 7.88. The van der Waals surface area contributed by atoms with Gasteiger partial charge in [-0.2, -0.15) is 0 Å². The van der Waals surface area contributed by atoms with Crippen LogP contribution in [-0.2, 0) is 25.8 Å². The summed E-state index contributed by atoms with van der Waals surface area (Å²) in [5.41, 5.74) is 9.62. The van der Waals surface area contributed by atoms with E-state index in [9.17, 15) is 4.79 Å². The van der Waals surface area contributed by atoms with Crippen LogP contribution in [0.3, 0.4) is 0 Å². The zero-order valence-corrected chi connectivity index (χ0v) is 18.3. The number of nitrogen functional groups attached to an aromatic ring is 1. The van der Waals surface area contributed by atoms with Gasteiger partial charge in [-0.05, 0) is 56.2 Å². The number of aromatic nitrogens is 5. The van der Waals surface area contributed by atoms with Crippen LogP contribution in [0.15, 0.2) is 36.7 Å². The summed E-state index contributed by atoms with van der Waals surface area (Å²) < 4.78 is 1.79. The number of imidazole rings is 1. The molecule has 0 aliphatic rings. The first-order valence-electron chi connectivity index (χ1n) is 11.2. The summed E-state index contributed by atoms with van der Waals surface area (Å²) in [4.78, 5) is 19.4. The first kappa shape index (κ1) is 22.5. The van der Waals surface area contributed by atoms with Crippen molar-refractivity contribution in [1.82, 2.24) is 30.3 Å². The lowest BCUT2D eigenvalue weighted by Gasteiger charge is -2.06. The van der Waals surface area contributed by atoms with Crippen molar-refractivity contribution in [3.63, 3.8) is 0 Å². The normalized spacial score (nSPS) is 11.0. The van der Waals surface area contributed by atoms with Crippen LogP contribution < -0.4 is 11.1 Å². The van der Waals surface area contributed by atoms with E-state index >= 15 is 0 Å². The number of anilines is 1. The quantitative estimate of drug-likeness (QED) is 0.365. The summed E-state index contributed by atoms with van der Waals surface area (Å²) in [7, 11) is 0. The SMILES string of the molecule is CCCCc1ccc(C(=O)NCCn2cc(CCCCCc3cnc(N)[nH]3)nn2)cc1. The molecule has 0 saturated carbocycles. The van der Waals surface area contributed by atoms with Crippen molar-refractivity contribution in [2.24, 2.45) is 0 Å². The van der Waals surface area contributed by atoms with Crippen molar-refractivity contribution >= 4 is 11.9 Å². The lowest BCUT2D eigenvalue weighted by Crippen LogP contribution is -2.27. The highest BCUT2D eigenvalue weighted by molar-refractivity contribution is 5.94. The molecule has 31 heavy (non-hydrogen) atoms. The molecule has 1 amide bonds. The number of rotatable bonds is 13. The van der Waals surface area contributed by atoms with Crippen molar-refractivity contribution in [3.05, 3.63) is 59.2 Å². The number of carbonyl (C=O) groups excluding carboxylic acids is 1. The number of hydrogen-bond acceptors (Lipinski definition) is 5. The third-order valence-corrected chi connectivity index (χ3v) is 5.27. The van der Waals surface area contributed by atoms with Crippen molar-refractivity contribution < 1.29 is 4.79 Å². The lowest BCUT2D eigenvalue weighted by molar-refractivity contribution is 0.0952. The molecule has 0 aliphatic carbocycles. The maximum Gasteiger partial charge on any atom is 0.251 e. The Hall–Kier alpha value is -3.16. The Labute approximate surface area is 183 Å². The number of carbonyl (C=O) groups is 1. The molecule has 3 rings (SSSR count). The van der Waals surface area contributed by atoms with Gasteiger partial charge in [-0.1, -0.05) is 37.1 Å². The van der Waals surface area contributed by atoms with Gasteiger partial charge in [0, 0.05) is 24.0 Å². The number of aromatic amines is 1. The molecule has 2 aromatic heterocycles. The molecule has 4 N–H and O–H groups in total. The second-order valence-electron chi connectivity index (χ2n) is 7.88. The van der Waals surface area contributed by atoms with E-state index in [1.807, 2.05) is 30.5 Å². The molecule has 0 fully saturated rings. The maximum absolute atomic E-state index is 12.3. The fourth-order valence-electron chi connectivity index (χ4n) is 3.45. The van der Waals surface area contributed by atoms with Gasteiger partial charge in [-0.3, -0.25) is 9.48 Å². The summed E-state index contributed by atoms with van der Waals surface area (Å²) in [6.45, 7) is 3.31. The Morgan fingerprint density at radius 1 is 1.10 bits per heavy atom. The van der Waals surface area contributed by atoms with Crippen LogP contribution in [-0.4, -0.2) is 37.4 Å². The number of nitrogens with zero attached hydrogens (tertiary/aromatic N) is 4. The molecule has 0 saturated heterocycles. The fourth-order valence-corrected chi connectivity index (χ4v) is 3.45. The monoisotopic (exact) mass is 423 g/mol. The fraction of sp³-hybridized carbons (Fsp3) is 0.478. The van der Waals surface area contributed by atoms with E-state index in [1.165, 1.54) is 18.4 Å². The first-order chi connectivity index (χ1) is 15.1. The highest BCUT2D eigenvalue weighted by Crippen LogP contribution is 2.09. The number of benzene rings is 1. The average molecular weight is 424 g/mol. The molecular weight excluding hydrogens is 390 g/mol. The van der Waals surface area contributed by atoms with Gasteiger partial charge in [0.05, 0.1) is 18.4 Å². The van der Waals surface area contributed by atoms with E-state index in [0.29, 0.717) is 24.6 Å². The zero-order chi connectivity index (χ0) is 21.9. The van der Waals surface area contributed by atoms with Gasteiger partial charge in [0.25, 0.3) is 5.91 Å². The first-order valence-corrected chi connectivity index (χ1v) is 11.2. The number of amides is 1. The molecule has 0 aliphatic heterocycles. The molecular formula is C23H33N7O. The van der Waals surface area contributed by atoms with E-state index in [1.54, 1.807) is 10.9 Å². The summed E-state index contributed by atoms with van der Waals surface area (Å²) in [5, 5.41) is 11.3. The van der Waals surface area contributed by atoms with Crippen molar-refractivity contribution in [2.75, 3.05) is 12.3 Å². The molecule has 0 radical (unpaired) electrons. The molecule has 0 bridgehead atoms. The number of unbranched alkanes of at least 4 members (excludes halogenated alkanes) is 3. The molecule has 2 heterocycles. The molecule has 3 aromatic rings.